The molecule has 112 valence electrons. The van der Waals surface area contributed by atoms with Crippen molar-refractivity contribution in [3.63, 3.8) is 0 Å². The van der Waals surface area contributed by atoms with Crippen LogP contribution in [0.3, 0.4) is 0 Å². The van der Waals surface area contributed by atoms with Gasteiger partial charge in [-0.15, -0.1) is 0 Å². The van der Waals surface area contributed by atoms with Crippen molar-refractivity contribution in [3.05, 3.63) is 35.0 Å². The van der Waals surface area contributed by atoms with E-state index in [9.17, 15) is 4.79 Å². The molecule has 0 radical (unpaired) electrons. The second kappa shape index (κ2) is 8.53. The number of hydrogen-bond acceptors (Lipinski definition) is 6. The van der Waals surface area contributed by atoms with Crippen LogP contribution in [0.2, 0.25) is 0 Å². The fraction of sp³-hybridized carbons (Fsp3) is 0.429. The molecule has 0 fully saturated rings. The van der Waals surface area contributed by atoms with E-state index >= 15 is 0 Å². The highest BCUT2D eigenvalue weighted by molar-refractivity contribution is 5.89. The third-order valence-electron chi connectivity index (χ3n) is 2.48. The summed E-state index contributed by atoms with van der Waals surface area (Å²) in [5, 5.41) is 15.7. The fourth-order valence-corrected chi connectivity index (χ4v) is 1.54. The summed E-state index contributed by atoms with van der Waals surface area (Å²) >= 11 is 0. The minimum Gasteiger partial charge on any atom is -0.363 e. The summed E-state index contributed by atoms with van der Waals surface area (Å²) in [6, 6.07) is 5.12. The Balaban J connectivity index is 0.000000211. The first-order valence-corrected chi connectivity index (χ1v) is 6.71. The van der Waals surface area contributed by atoms with Gasteiger partial charge in [-0.3, -0.25) is 4.79 Å². The molecule has 0 saturated heterocycles. The molecule has 0 aliphatic heterocycles. The second-order valence-corrected chi connectivity index (χ2v) is 4.34. The van der Waals surface area contributed by atoms with Crippen LogP contribution in [-0.2, 0) is 12.8 Å². The van der Waals surface area contributed by atoms with Gasteiger partial charge in [0.15, 0.2) is 0 Å². The Bertz CT molecular complexity index is 610. The number of primary amides is 1. The van der Waals surface area contributed by atoms with Crippen LogP contribution in [0.25, 0.3) is 0 Å². The van der Waals surface area contributed by atoms with Gasteiger partial charge in [-0.1, -0.05) is 37.0 Å². The number of nitriles is 1. The van der Waals surface area contributed by atoms with Gasteiger partial charge in [-0.25, -0.2) is 0 Å². The molecule has 0 spiro atoms. The summed E-state index contributed by atoms with van der Waals surface area (Å²) < 4.78 is 9.31. The predicted molar refractivity (Wildman–Crippen MR) is 74.2 cm³/mol. The largest absolute Gasteiger partial charge is 0.363 e. The maximum absolute atomic E-state index is 10.5. The average Bonchev–Trinajstić information content (AvgIpc) is 3.09. The van der Waals surface area contributed by atoms with Crippen molar-refractivity contribution in [1.82, 2.24) is 10.3 Å². The molecule has 7 nitrogen and oxygen atoms in total. The Labute approximate surface area is 122 Å². The summed E-state index contributed by atoms with van der Waals surface area (Å²) in [4.78, 5) is 10.5. The molecule has 2 aromatic heterocycles. The lowest BCUT2D eigenvalue weighted by Gasteiger charge is -1.83. The zero-order valence-electron chi connectivity index (χ0n) is 12.1. The fourth-order valence-electron chi connectivity index (χ4n) is 1.54. The van der Waals surface area contributed by atoms with Crippen LogP contribution in [0.1, 0.15) is 54.4 Å². The van der Waals surface area contributed by atoms with Crippen molar-refractivity contribution in [3.8, 4) is 6.07 Å². The van der Waals surface area contributed by atoms with Crippen molar-refractivity contribution in [2.24, 2.45) is 5.73 Å². The predicted octanol–water partition coefficient (Wildman–Crippen LogP) is 2.22. The molecule has 2 heterocycles. The molecule has 0 unspecified atom stereocenters. The quantitative estimate of drug-likeness (QED) is 0.901. The van der Waals surface area contributed by atoms with Crippen LogP contribution in [0, 0.1) is 11.3 Å². The summed E-state index contributed by atoms with van der Waals surface area (Å²) in [7, 11) is 0. The van der Waals surface area contributed by atoms with Crippen LogP contribution >= 0.6 is 0 Å². The van der Waals surface area contributed by atoms with Crippen LogP contribution in [-0.4, -0.2) is 16.2 Å². The highest BCUT2D eigenvalue weighted by Gasteiger charge is 2.07. The van der Waals surface area contributed by atoms with Crippen LogP contribution in [0.5, 0.6) is 0 Å². The average molecular weight is 290 g/mol. The Morgan fingerprint density at radius 3 is 2.19 bits per heavy atom. The topological polar surface area (TPSA) is 119 Å². The molecule has 0 aromatic carbocycles. The number of rotatable bonds is 5. The SMILES string of the molecule is CCCc1cc(C#N)on1.CCCc1cc(C(N)=O)on1. The highest BCUT2D eigenvalue weighted by Crippen LogP contribution is 2.04. The van der Waals surface area contributed by atoms with E-state index in [1.165, 1.54) is 0 Å². The van der Waals surface area contributed by atoms with Gasteiger partial charge >= 0.3 is 0 Å². The maximum atomic E-state index is 10.5. The van der Waals surface area contributed by atoms with Crippen molar-refractivity contribution in [2.45, 2.75) is 39.5 Å². The van der Waals surface area contributed by atoms with Crippen LogP contribution in [0.15, 0.2) is 21.2 Å². The lowest BCUT2D eigenvalue weighted by Crippen LogP contribution is -2.09. The van der Waals surface area contributed by atoms with Gasteiger partial charge in [0.05, 0.1) is 11.4 Å². The number of nitrogens with two attached hydrogens (primary N) is 1. The van der Waals surface area contributed by atoms with Gasteiger partial charge < -0.3 is 14.8 Å². The van der Waals surface area contributed by atoms with Crippen molar-refractivity contribution in [1.29, 1.82) is 5.26 Å². The minimum atomic E-state index is -0.570. The lowest BCUT2D eigenvalue weighted by atomic mass is 10.2. The Kier molecular flexibility index (Phi) is 6.68. The number of aryl methyl sites for hydroxylation is 2. The molecule has 2 N–H and O–H groups in total. The molecule has 0 bridgehead atoms. The molecule has 0 atom stereocenters. The second-order valence-electron chi connectivity index (χ2n) is 4.34. The van der Waals surface area contributed by atoms with E-state index in [4.69, 9.17) is 11.0 Å². The van der Waals surface area contributed by atoms with E-state index in [0.717, 1.165) is 37.1 Å². The van der Waals surface area contributed by atoms with Crippen molar-refractivity contribution >= 4 is 5.91 Å². The smallest absolute Gasteiger partial charge is 0.287 e. The number of nitrogens with zero attached hydrogens (tertiary/aromatic N) is 3. The van der Waals surface area contributed by atoms with E-state index in [1.807, 2.05) is 13.0 Å². The summed E-state index contributed by atoms with van der Waals surface area (Å²) in [6.45, 7) is 4.08. The molecule has 0 aliphatic rings. The van der Waals surface area contributed by atoms with Crippen LogP contribution < -0.4 is 5.73 Å². The van der Waals surface area contributed by atoms with Crippen LogP contribution in [0.4, 0.5) is 0 Å². The summed E-state index contributed by atoms with van der Waals surface area (Å²) in [5.74, 6) is -0.142. The minimum absolute atomic E-state index is 0.133. The van der Waals surface area contributed by atoms with E-state index in [0.29, 0.717) is 5.76 Å². The number of aromatic nitrogens is 2. The van der Waals surface area contributed by atoms with Crippen molar-refractivity contribution < 1.29 is 13.8 Å². The number of carbonyl (C=O) groups excluding carboxylic acids is 1. The van der Waals surface area contributed by atoms with Gasteiger partial charge in [-0.2, -0.15) is 5.26 Å². The van der Waals surface area contributed by atoms with Gasteiger partial charge in [0, 0.05) is 12.1 Å². The molecular weight excluding hydrogens is 272 g/mol. The molecule has 0 saturated carbocycles. The number of hydrogen-bond donors (Lipinski definition) is 1. The normalized spacial score (nSPS) is 9.57. The van der Waals surface area contributed by atoms with E-state index in [1.54, 1.807) is 12.1 Å². The van der Waals surface area contributed by atoms with Gasteiger partial charge in [0.2, 0.25) is 11.5 Å². The zero-order chi connectivity index (χ0) is 15.7. The molecule has 2 aromatic rings. The van der Waals surface area contributed by atoms with Gasteiger partial charge in [0.1, 0.15) is 6.07 Å². The standard InChI is InChI=1S/C7H10N2O2.C7H8N2O/c1-2-3-5-4-6(7(8)10)11-9-5;1-2-3-6-4-7(5-8)10-9-6/h4H,2-3H2,1H3,(H2,8,10);4H,2-3H2,1H3. The maximum Gasteiger partial charge on any atom is 0.287 e. The van der Waals surface area contributed by atoms with Crippen molar-refractivity contribution in [2.75, 3.05) is 0 Å². The molecule has 21 heavy (non-hydrogen) atoms. The molecule has 1 amide bonds. The summed E-state index contributed by atoms with van der Waals surface area (Å²) in [5.41, 5.74) is 6.59. The first kappa shape index (κ1) is 16.4. The zero-order valence-corrected chi connectivity index (χ0v) is 12.1. The third-order valence-corrected chi connectivity index (χ3v) is 2.48. The monoisotopic (exact) mass is 290 g/mol. The first-order chi connectivity index (χ1) is 10.1. The summed E-state index contributed by atoms with van der Waals surface area (Å²) in [6.07, 6.45) is 3.70. The Hall–Kier alpha value is -2.62. The number of amides is 1. The Morgan fingerprint density at radius 2 is 1.76 bits per heavy atom. The first-order valence-electron chi connectivity index (χ1n) is 6.71. The Morgan fingerprint density at radius 1 is 1.19 bits per heavy atom. The highest BCUT2D eigenvalue weighted by atomic mass is 16.5. The lowest BCUT2D eigenvalue weighted by molar-refractivity contribution is 0.0965. The van der Waals surface area contributed by atoms with Gasteiger partial charge in [-0.05, 0) is 12.8 Å². The van der Waals surface area contributed by atoms with E-state index in [2.05, 4.69) is 26.3 Å². The van der Waals surface area contributed by atoms with E-state index in [-0.39, 0.29) is 5.76 Å². The van der Waals surface area contributed by atoms with Gasteiger partial charge in [0.25, 0.3) is 5.91 Å². The molecular formula is C14H18N4O3. The third kappa shape index (κ3) is 5.48. The molecule has 2 rings (SSSR count). The molecule has 7 heteroatoms. The van der Waals surface area contributed by atoms with E-state index < -0.39 is 5.91 Å². The molecule has 0 aliphatic carbocycles. The number of carbonyl (C=O) groups is 1.